The summed E-state index contributed by atoms with van der Waals surface area (Å²) in [6, 6.07) is 18.5. The highest BCUT2D eigenvalue weighted by molar-refractivity contribution is 8.00. The van der Waals surface area contributed by atoms with Crippen LogP contribution in [0.3, 0.4) is 0 Å². The number of aliphatic hydroxyl groups excluding tert-OH is 1. The highest BCUT2D eigenvalue weighted by Gasteiger charge is 2.49. The minimum absolute atomic E-state index is 0.0390. The Hall–Kier alpha value is -4.02. The molecule has 0 radical (unpaired) electrons. The van der Waals surface area contributed by atoms with Crippen molar-refractivity contribution in [2.75, 3.05) is 5.88 Å². The number of phenols is 2. The van der Waals surface area contributed by atoms with Crippen molar-refractivity contribution in [2.45, 2.75) is 56.7 Å². The molecule has 3 aromatic carbocycles. The summed E-state index contributed by atoms with van der Waals surface area (Å²) in [5.41, 5.74) is 1.94. The molecule has 3 amide bonds. The van der Waals surface area contributed by atoms with Gasteiger partial charge in [0.15, 0.2) is 6.10 Å². The number of benzene rings is 3. The van der Waals surface area contributed by atoms with Crippen LogP contribution < -0.4 is 10.6 Å². The standard InChI is InChI=1S/C31H35N3O6S/c1-19-22(13-9-15-24(19)35)28(38)33-23(16-20-10-5-4-6-11-20)26(37)30(40)34-18-41-31(2,3)27(34)29(39)32-17-21-12-7-8-14-25(21)36/h4-15,23,26-27,35-37H,16-18H2,1-3H3,(H,32,39)(H,33,38). The Morgan fingerprint density at radius 1 is 0.976 bits per heavy atom. The molecule has 1 aliphatic heterocycles. The molecule has 10 heteroatoms. The lowest BCUT2D eigenvalue weighted by molar-refractivity contribution is -0.147. The summed E-state index contributed by atoms with van der Waals surface area (Å²) >= 11 is 1.41. The molecule has 41 heavy (non-hydrogen) atoms. The second-order valence-corrected chi connectivity index (χ2v) is 12.2. The molecule has 1 saturated heterocycles. The van der Waals surface area contributed by atoms with Crippen molar-refractivity contribution >= 4 is 29.5 Å². The van der Waals surface area contributed by atoms with Gasteiger partial charge in [0, 0.05) is 28.0 Å². The van der Waals surface area contributed by atoms with Gasteiger partial charge in [-0.2, -0.15) is 0 Å². The number of carbonyl (C=O) groups excluding carboxylic acids is 3. The summed E-state index contributed by atoms with van der Waals surface area (Å²) in [6.07, 6.45) is -1.49. The molecule has 5 N–H and O–H groups in total. The van der Waals surface area contributed by atoms with E-state index in [9.17, 15) is 29.7 Å². The Kier molecular flexibility index (Phi) is 9.25. The van der Waals surface area contributed by atoms with Crippen LogP contribution in [-0.4, -0.2) is 66.8 Å². The number of aromatic hydroxyl groups is 2. The van der Waals surface area contributed by atoms with Crippen LogP contribution >= 0.6 is 11.8 Å². The number of aliphatic hydroxyl groups is 1. The molecule has 3 aromatic rings. The quantitative estimate of drug-likeness (QED) is 0.263. The zero-order valence-corrected chi connectivity index (χ0v) is 24.0. The highest BCUT2D eigenvalue weighted by atomic mass is 32.2. The first-order valence-electron chi connectivity index (χ1n) is 13.3. The lowest BCUT2D eigenvalue weighted by Gasteiger charge is -2.33. The van der Waals surface area contributed by atoms with Crippen molar-refractivity contribution in [1.82, 2.24) is 15.5 Å². The molecule has 1 fully saturated rings. The van der Waals surface area contributed by atoms with Gasteiger partial charge in [-0.15, -0.1) is 11.8 Å². The van der Waals surface area contributed by atoms with Gasteiger partial charge in [-0.3, -0.25) is 14.4 Å². The lowest BCUT2D eigenvalue weighted by atomic mass is 9.96. The van der Waals surface area contributed by atoms with Crippen LogP contribution in [-0.2, 0) is 22.6 Å². The first-order valence-corrected chi connectivity index (χ1v) is 14.3. The topological polar surface area (TPSA) is 139 Å². The molecule has 4 rings (SSSR count). The first kappa shape index (κ1) is 30.0. The van der Waals surface area contributed by atoms with Gasteiger partial charge < -0.3 is 30.9 Å². The van der Waals surface area contributed by atoms with E-state index in [1.807, 2.05) is 44.2 Å². The molecule has 0 bridgehead atoms. The minimum Gasteiger partial charge on any atom is -0.508 e. The van der Waals surface area contributed by atoms with Gasteiger partial charge in [-0.1, -0.05) is 54.6 Å². The third-order valence-corrected chi connectivity index (χ3v) is 8.70. The molecule has 216 valence electrons. The normalized spacial score (nSPS) is 17.5. The van der Waals surface area contributed by atoms with E-state index >= 15 is 0 Å². The van der Waals surface area contributed by atoms with Gasteiger partial charge in [-0.25, -0.2) is 0 Å². The van der Waals surface area contributed by atoms with Crippen LogP contribution in [0, 0.1) is 6.92 Å². The Morgan fingerprint density at radius 2 is 1.63 bits per heavy atom. The molecule has 1 aliphatic rings. The average Bonchev–Trinajstić information content (AvgIpc) is 3.28. The van der Waals surface area contributed by atoms with Gasteiger partial charge in [-0.05, 0) is 51.0 Å². The van der Waals surface area contributed by atoms with Gasteiger partial charge in [0.25, 0.3) is 11.8 Å². The number of rotatable bonds is 9. The Balaban J connectivity index is 1.56. The fourth-order valence-electron chi connectivity index (χ4n) is 4.92. The summed E-state index contributed by atoms with van der Waals surface area (Å²) in [5, 5.41) is 37.2. The third kappa shape index (κ3) is 6.83. The van der Waals surface area contributed by atoms with E-state index in [0.29, 0.717) is 11.1 Å². The zero-order chi connectivity index (χ0) is 29.7. The van der Waals surface area contributed by atoms with Crippen molar-refractivity contribution in [3.05, 3.63) is 95.1 Å². The molecule has 1 heterocycles. The SMILES string of the molecule is Cc1c(O)cccc1C(=O)NC(Cc1ccccc1)C(O)C(=O)N1CSC(C)(C)C1C(=O)NCc1ccccc1O. The minimum atomic E-state index is -1.65. The van der Waals surface area contributed by atoms with E-state index in [2.05, 4.69) is 10.6 Å². The van der Waals surface area contributed by atoms with E-state index in [1.54, 1.807) is 37.3 Å². The largest absolute Gasteiger partial charge is 0.508 e. The predicted molar refractivity (Wildman–Crippen MR) is 157 cm³/mol. The number of phenolic OH excluding ortho intramolecular Hbond substituents is 2. The van der Waals surface area contributed by atoms with E-state index in [-0.39, 0.29) is 35.9 Å². The van der Waals surface area contributed by atoms with Crippen LogP contribution in [0.15, 0.2) is 72.8 Å². The first-order chi connectivity index (χ1) is 19.5. The third-order valence-electron chi connectivity index (χ3n) is 7.32. The Labute approximate surface area is 243 Å². The van der Waals surface area contributed by atoms with Crippen LogP contribution in [0.2, 0.25) is 0 Å². The predicted octanol–water partition coefficient (Wildman–Crippen LogP) is 3.10. The second-order valence-electron chi connectivity index (χ2n) is 10.6. The summed E-state index contributed by atoms with van der Waals surface area (Å²) in [7, 11) is 0. The molecule has 0 spiro atoms. The number of hydrogen-bond donors (Lipinski definition) is 5. The number of thioether (sulfide) groups is 1. The van der Waals surface area contributed by atoms with E-state index in [0.717, 1.165) is 5.56 Å². The van der Waals surface area contributed by atoms with Gasteiger partial charge in [0.1, 0.15) is 17.5 Å². The van der Waals surface area contributed by atoms with Crippen LogP contribution in [0.5, 0.6) is 11.5 Å². The van der Waals surface area contributed by atoms with Gasteiger partial charge in [0.05, 0.1) is 11.9 Å². The van der Waals surface area contributed by atoms with E-state index < -0.39 is 40.7 Å². The smallest absolute Gasteiger partial charge is 0.254 e. The maximum absolute atomic E-state index is 13.8. The van der Waals surface area contributed by atoms with Crippen LogP contribution in [0.4, 0.5) is 0 Å². The summed E-state index contributed by atoms with van der Waals surface area (Å²) in [4.78, 5) is 41.8. The second kappa shape index (κ2) is 12.7. The zero-order valence-electron chi connectivity index (χ0n) is 23.2. The summed E-state index contributed by atoms with van der Waals surface area (Å²) < 4.78 is -0.658. The fourth-order valence-corrected chi connectivity index (χ4v) is 6.06. The molecular weight excluding hydrogens is 542 g/mol. The van der Waals surface area contributed by atoms with Crippen molar-refractivity contribution in [3.63, 3.8) is 0 Å². The van der Waals surface area contributed by atoms with Crippen LogP contribution in [0.1, 0.15) is 40.9 Å². The number of hydrogen-bond acceptors (Lipinski definition) is 7. The van der Waals surface area contributed by atoms with Gasteiger partial charge >= 0.3 is 0 Å². The number of amides is 3. The fraction of sp³-hybridized carbons (Fsp3) is 0.323. The molecule has 0 aromatic heterocycles. The molecule has 0 saturated carbocycles. The monoisotopic (exact) mass is 577 g/mol. The van der Waals surface area contributed by atoms with Gasteiger partial charge in [0.2, 0.25) is 5.91 Å². The molecular formula is C31H35N3O6S. The number of nitrogens with one attached hydrogen (secondary N) is 2. The van der Waals surface area contributed by atoms with Crippen molar-refractivity contribution in [2.24, 2.45) is 0 Å². The van der Waals surface area contributed by atoms with Crippen LogP contribution in [0.25, 0.3) is 0 Å². The maximum Gasteiger partial charge on any atom is 0.254 e. The summed E-state index contributed by atoms with van der Waals surface area (Å²) in [5.74, 6) is -1.45. The number of carbonyl (C=O) groups is 3. The molecule has 9 nitrogen and oxygen atoms in total. The number of nitrogens with zero attached hydrogens (tertiary/aromatic N) is 1. The Morgan fingerprint density at radius 3 is 2.34 bits per heavy atom. The van der Waals surface area contributed by atoms with E-state index in [4.69, 9.17) is 0 Å². The average molecular weight is 578 g/mol. The van der Waals surface area contributed by atoms with Crippen molar-refractivity contribution < 1.29 is 29.7 Å². The Bertz CT molecular complexity index is 1410. The molecule has 0 aliphatic carbocycles. The maximum atomic E-state index is 13.8. The molecule has 3 atom stereocenters. The lowest BCUT2D eigenvalue weighted by Crippen LogP contribution is -2.58. The molecule has 3 unspecified atom stereocenters. The number of para-hydroxylation sites is 1. The van der Waals surface area contributed by atoms with Crippen molar-refractivity contribution in [3.8, 4) is 11.5 Å². The summed E-state index contributed by atoms with van der Waals surface area (Å²) in [6.45, 7) is 5.40. The highest BCUT2D eigenvalue weighted by Crippen LogP contribution is 2.40. The van der Waals surface area contributed by atoms with Crippen molar-refractivity contribution in [1.29, 1.82) is 0 Å². The van der Waals surface area contributed by atoms with E-state index in [1.165, 1.54) is 28.8 Å².